The van der Waals surface area contributed by atoms with Crippen LogP contribution in [0.4, 0.5) is 0 Å². The molecule has 7 nitrogen and oxygen atoms in total. The topological polar surface area (TPSA) is 68.8 Å². The highest BCUT2D eigenvalue weighted by molar-refractivity contribution is 5.12. The SMILES string of the molecule is Cn1nncc1CN1CCCC1Cn1nc(C2CC2)ccc1=O. The minimum atomic E-state index is 0.00319. The lowest BCUT2D eigenvalue weighted by atomic mass is 10.2. The Kier molecular flexibility index (Phi) is 3.72. The van der Waals surface area contributed by atoms with Crippen LogP contribution in [0.2, 0.25) is 0 Å². The summed E-state index contributed by atoms with van der Waals surface area (Å²) >= 11 is 0. The highest BCUT2D eigenvalue weighted by atomic mass is 16.1. The second-order valence-corrected chi connectivity index (χ2v) is 6.67. The molecule has 1 atom stereocenters. The highest BCUT2D eigenvalue weighted by Crippen LogP contribution is 2.38. The summed E-state index contributed by atoms with van der Waals surface area (Å²) in [5.74, 6) is 0.571. The molecule has 2 aliphatic rings. The Labute approximate surface area is 134 Å². The van der Waals surface area contributed by atoms with Crippen molar-refractivity contribution in [3.05, 3.63) is 40.1 Å². The van der Waals surface area contributed by atoms with Gasteiger partial charge in [-0.05, 0) is 38.3 Å². The number of likely N-dealkylation sites (tertiary alicyclic amines) is 1. The van der Waals surface area contributed by atoms with Gasteiger partial charge in [-0.3, -0.25) is 14.4 Å². The second kappa shape index (κ2) is 5.88. The van der Waals surface area contributed by atoms with Crippen molar-refractivity contribution in [2.24, 2.45) is 7.05 Å². The Hall–Kier alpha value is -2.02. The molecule has 1 aliphatic heterocycles. The van der Waals surface area contributed by atoms with Gasteiger partial charge >= 0.3 is 0 Å². The van der Waals surface area contributed by atoms with E-state index in [-0.39, 0.29) is 5.56 Å². The zero-order chi connectivity index (χ0) is 15.8. The third kappa shape index (κ3) is 3.06. The summed E-state index contributed by atoms with van der Waals surface area (Å²) in [6.45, 7) is 2.54. The quantitative estimate of drug-likeness (QED) is 0.820. The molecule has 1 saturated heterocycles. The van der Waals surface area contributed by atoms with Crippen molar-refractivity contribution in [1.29, 1.82) is 0 Å². The summed E-state index contributed by atoms with van der Waals surface area (Å²) in [6.07, 6.45) is 6.48. The molecule has 1 unspecified atom stereocenters. The van der Waals surface area contributed by atoms with E-state index in [9.17, 15) is 4.79 Å². The van der Waals surface area contributed by atoms with Crippen LogP contribution in [0.1, 0.15) is 43.0 Å². The standard InChI is InChI=1S/C16H22N6O/c1-20-14(9-17-19-20)10-21-8-2-3-13(21)11-22-16(23)7-6-15(18-22)12-4-5-12/h6-7,9,12-13H,2-5,8,10-11H2,1H3. The average molecular weight is 314 g/mol. The van der Waals surface area contributed by atoms with Crippen LogP contribution in [0.3, 0.4) is 0 Å². The first kappa shape index (κ1) is 14.6. The highest BCUT2D eigenvalue weighted by Gasteiger charge is 2.28. The molecule has 0 spiro atoms. The van der Waals surface area contributed by atoms with Crippen LogP contribution in [-0.4, -0.2) is 42.3 Å². The number of nitrogens with zero attached hydrogens (tertiary/aromatic N) is 6. The van der Waals surface area contributed by atoms with Crippen LogP contribution in [-0.2, 0) is 20.1 Å². The summed E-state index contributed by atoms with van der Waals surface area (Å²) in [6, 6.07) is 3.92. The molecule has 7 heteroatoms. The average Bonchev–Trinajstić information content (AvgIpc) is 3.19. The lowest BCUT2D eigenvalue weighted by molar-refractivity contribution is 0.211. The van der Waals surface area contributed by atoms with Crippen molar-refractivity contribution in [1.82, 2.24) is 29.7 Å². The molecule has 2 fully saturated rings. The molecule has 0 N–H and O–H groups in total. The van der Waals surface area contributed by atoms with E-state index in [2.05, 4.69) is 20.3 Å². The van der Waals surface area contributed by atoms with Gasteiger partial charge in [0.15, 0.2) is 0 Å². The molecule has 0 aromatic carbocycles. The lowest BCUT2D eigenvalue weighted by Crippen LogP contribution is -2.37. The maximum Gasteiger partial charge on any atom is 0.266 e. The van der Waals surface area contributed by atoms with Gasteiger partial charge in [0, 0.05) is 31.6 Å². The minimum Gasteiger partial charge on any atom is -0.293 e. The molecule has 23 heavy (non-hydrogen) atoms. The molecule has 0 radical (unpaired) electrons. The van der Waals surface area contributed by atoms with Gasteiger partial charge in [-0.25, -0.2) is 4.68 Å². The fourth-order valence-electron chi connectivity index (χ4n) is 3.36. The van der Waals surface area contributed by atoms with Crippen LogP contribution < -0.4 is 5.56 Å². The maximum absolute atomic E-state index is 12.1. The van der Waals surface area contributed by atoms with Gasteiger partial charge in [0.2, 0.25) is 0 Å². The first-order valence-corrected chi connectivity index (χ1v) is 8.36. The Morgan fingerprint density at radius 3 is 2.87 bits per heavy atom. The number of aryl methyl sites for hydroxylation is 1. The summed E-state index contributed by atoms with van der Waals surface area (Å²) in [7, 11) is 1.92. The van der Waals surface area contributed by atoms with Gasteiger partial charge in [0.25, 0.3) is 5.56 Å². The van der Waals surface area contributed by atoms with Crippen molar-refractivity contribution in [3.8, 4) is 0 Å². The third-order valence-electron chi connectivity index (χ3n) is 4.94. The van der Waals surface area contributed by atoms with Crippen LogP contribution in [0.15, 0.2) is 23.1 Å². The van der Waals surface area contributed by atoms with Crippen molar-refractivity contribution < 1.29 is 0 Å². The zero-order valence-electron chi connectivity index (χ0n) is 13.4. The summed E-state index contributed by atoms with van der Waals surface area (Å²) in [5.41, 5.74) is 2.18. The van der Waals surface area contributed by atoms with Gasteiger partial charge in [-0.15, -0.1) is 5.10 Å². The number of hydrogen-bond donors (Lipinski definition) is 0. The van der Waals surface area contributed by atoms with Crippen LogP contribution in [0.25, 0.3) is 0 Å². The van der Waals surface area contributed by atoms with E-state index in [0.717, 1.165) is 37.3 Å². The predicted octanol–water partition coefficient (Wildman–Crippen LogP) is 0.914. The number of aromatic nitrogens is 5. The van der Waals surface area contributed by atoms with Crippen LogP contribution in [0, 0.1) is 0 Å². The van der Waals surface area contributed by atoms with E-state index in [0.29, 0.717) is 18.5 Å². The maximum atomic E-state index is 12.1. The Bertz CT molecular complexity index is 747. The molecule has 1 aliphatic carbocycles. The minimum absolute atomic E-state index is 0.00319. The van der Waals surface area contributed by atoms with E-state index < -0.39 is 0 Å². The second-order valence-electron chi connectivity index (χ2n) is 6.67. The molecular weight excluding hydrogens is 292 g/mol. The zero-order valence-corrected chi connectivity index (χ0v) is 13.4. The van der Waals surface area contributed by atoms with Gasteiger partial charge in [0.1, 0.15) is 0 Å². The van der Waals surface area contributed by atoms with Crippen molar-refractivity contribution >= 4 is 0 Å². The third-order valence-corrected chi connectivity index (χ3v) is 4.94. The van der Waals surface area contributed by atoms with Gasteiger partial charge in [0.05, 0.1) is 24.1 Å². The van der Waals surface area contributed by atoms with Gasteiger partial charge < -0.3 is 0 Å². The molecule has 4 rings (SSSR count). The van der Waals surface area contributed by atoms with Crippen LogP contribution in [0.5, 0.6) is 0 Å². The summed E-state index contributed by atoms with van der Waals surface area (Å²) < 4.78 is 3.48. The van der Waals surface area contributed by atoms with E-state index in [1.165, 1.54) is 12.8 Å². The lowest BCUT2D eigenvalue weighted by Gasteiger charge is -2.24. The molecule has 1 saturated carbocycles. The predicted molar refractivity (Wildman–Crippen MR) is 84.9 cm³/mol. The fourth-order valence-corrected chi connectivity index (χ4v) is 3.36. The normalized spacial score (nSPS) is 21.9. The van der Waals surface area contributed by atoms with E-state index >= 15 is 0 Å². The van der Waals surface area contributed by atoms with E-state index in [1.807, 2.05) is 24.0 Å². The Balaban J connectivity index is 1.50. The largest absolute Gasteiger partial charge is 0.293 e. The van der Waals surface area contributed by atoms with Crippen molar-refractivity contribution in [2.45, 2.75) is 50.7 Å². The molecule has 3 heterocycles. The summed E-state index contributed by atoms with van der Waals surface area (Å²) in [5, 5.41) is 12.5. The number of rotatable bonds is 5. The van der Waals surface area contributed by atoms with Gasteiger partial charge in [-0.2, -0.15) is 5.10 Å². The molecule has 2 aromatic heterocycles. The molecule has 0 amide bonds. The molecule has 0 bridgehead atoms. The van der Waals surface area contributed by atoms with Gasteiger partial charge in [-0.1, -0.05) is 5.21 Å². The fraction of sp³-hybridized carbons (Fsp3) is 0.625. The Morgan fingerprint density at radius 1 is 1.26 bits per heavy atom. The van der Waals surface area contributed by atoms with Crippen LogP contribution >= 0.6 is 0 Å². The monoisotopic (exact) mass is 314 g/mol. The smallest absolute Gasteiger partial charge is 0.266 e. The van der Waals surface area contributed by atoms with E-state index in [4.69, 9.17) is 0 Å². The van der Waals surface area contributed by atoms with Crippen molar-refractivity contribution in [3.63, 3.8) is 0 Å². The Morgan fingerprint density at radius 2 is 2.13 bits per heavy atom. The first-order chi connectivity index (χ1) is 11.2. The number of hydrogen-bond acceptors (Lipinski definition) is 5. The molecular formula is C16H22N6O. The van der Waals surface area contributed by atoms with E-state index in [1.54, 1.807) is 10.7 Å². The molecule has 2 aromatic rings. The summed E-state index contributed by atoms with van der Waals surface area (Å²) in [4.78, 5) is 14.6. The first-order valence-electron chi connectivity index (χ1n) is 8.36. The van der Waals surface area contributed by atoms with Crippen molar-refractivity contribution in [2.75, 3.05) is 6.54 Å². The molecule has 122 valence electrons.